The van der Waals surface area contributed by atoms with Gasteiger partial charge in [0.15, 0.2) is 0 Å². The third-order valence-corrected chi connectivity index (χ3v) is 4.19. The third-order valence-electron chi connectivity index (χ3n) is 4.19. The Morgan fingerprint density at radius 2 is 2.00 bits per heavy atom. The van der Waals surface area contributed by atoms with Crippen LogP contribution in [-0.4, -0.2) is 31.1 Å². The lowest BCUT2D eigenvalue weighted by atomic mass is 10.0. The lowest BCUT2D eigenvalue weighted by Crippen LogP contribution is -2.34. The smallest absolute Gasteiger partial charge is 0.0449 e. The summed E-state index contributed by atoms with van der Waals surface area (Å²) in [7, 11) is 0. The van der Waals surface area contributed by atoms with E-state index in [-0.39, 0.29) is 0 Å². The summed E-state index contributed by atoms with van der Waals surface area (Å²) in [6.07, 6.45) is 2.48. The van der Waals surface area contributed by atoms with Crippen LogP contribution >= 0.6 is 0 Å². The first-order valence-corrected chi connectivity index (χ1v) is 7.77. The SMILES string of the molecule is CCNC(CN1CCC(C)C1)c1ccc(CC)cc1. The van der Waals surface area contributed by atoms with Crippen LogP contribution in [0.3, 0.4) is 0 Å². The zero-order valence-corrected chi connectivity index (χ0v) is 12.7. The summed E-state index contributed by atoms with van der Waals surface area (Å²) >= 11 is 0. The van der Waals surface area contributed by atoms with Crippen molar-refractivity contribution in [3.8, 4) is 0 Å². The standard InChI is InChI=1S/C17H28N2/c1-4-15-6-8-16(9-7-15)17(18-5-2)13-19-11-10-14(3)12-19/h6-9,14,17-18H,4-5,10-13H2,1-3H3. The van der Waals surface area contributed by atoms with Gasteiger partial charge in [-0.25, -0.2) is 0 Å². The Balaban J connectivity index is 2.01. The van der Waals surface area contributed by atoms with Crippen LogP contribution in [0, 0.1) is 5.92 Å². The molecular weight excluding hydrogens is 232 g/mol. The molecule has 0 spiro atoms. The number of likely N-dealkylation sites (tertiary alicyclic amines) is 1. The van der Waals surface area contributed by atoms with E-state index in [1.807, 2.05) is 0 Å². The van der Waals surface area contributed by atoms with E-state index in [0.717, 1.165) is 25.4 Å². The highest BCUT2D eigenvalue weighted by Gasteiger charge is 2.22. The number of likely N-dealkylation sites (N-methyl/N-ethyl adjacent to an activating group) is 1. The fourth-order valence-electron chi connectivity index (χ4n) is 2.97. The van der Waals surface area contributed by atoms with Crippen LogP contribution in [0.2, 0.25) is 0 Å². The highest BCUT2D eigenvalue weighted by Crippen LogP contribution is 2.21. The third kappa shape index (κ3) is 4.05. The minimum atomic E-state index is 0.473. The number of nitrogens with one attached hydrogen (secondary N) is 1. The van der Waals surface area contributed by atoms with Gasteiger partial charge in [0.25, 0.3) is 0 Å². The number of rotatable bonds is 6. The van der Waals surface area contributed by atoms with Crippen molar-refractivity contribution in [1.29, 1.82) is 0 Å². The van der Waals surface area contributed by atoms with Crippen LogP contribution < -0.4 is 5.32 Å². The van der Waals surface area contributed by atoms with Crippen molar-refractivity contribution in [2.45, 2.75) is 39.7 Å². The van der Waals surface area contributed by atoms with Crippen molar-refractivity contribution in [3.05, 3.63) is 35.4 Å². The van der Waals surface area contributed by atoms with Gasteiger partial charge < -0.3 is 10.2 Å². The molecule has 2 rings (SSSR count). The molecular formula is C17H28N2. The minimum absolute atomic E-state index is 0.473. The predicted molar refractivity (Wildman–Crippen MR) is 82.5 cm³/mol. The summed E-state index contributed by atoms with van der Waals surface area (Å²) < 4.78 is 0. The molecule has 2 unspecified atom stereocenters. The van der Waals surface area contributed by atoms with Crippen molar-refractivity contribution in [2.75, 3.05) is 26.2 Å². The second kappa shape index (κ2) is 7.06. The van der Waals surface area contributed by atoms with Gasteiger partial charge in [0.2, 0.25) is 0 Å². The first-order valence-electron chi connectivity index (χ1n) is 7.77. The minimum Gasteiger partial charge on any atom is -0.309 e. The average Bonchev–Trinajstić information content (AvgIpc) is 2.84. The van der Waals surface area contributed by atoms with Gasteiger partial charge >= 0.3 is 0 Å². The fraction of sp³-hybridized carbons (Fsp3) is 0.647. The topological polar surface area (TPSA) is 15.3 Å². The monoisotopic (exact) mass is 260 g/mol. The number of benzene rings is 1. The van der Waals surface area contributed by atoms with E-state index in [0.29, 0.717) is 6.04 Å². The van der Waals surface area contributed by atoms with E-state index < -0.39 is 0 Å². The van der Waals surface area contributed by atoms with E-state index >= 15 is 0 Å². The average molecular weight is 260 g/mol. The molecule has 1 N–H and O–H groups in total. The van der Waals surface area contributed by atoms with E-state index in [4.69, 9.17) is 0 Å². The van der Waals surface area contributed by atoms with Gasteiger partial charge in [0.1, 0.15) is 0 Å². The highest BCUT2D eigenvalue weighted by molar-refractivity contribution is 5.25. The van der Waals surface area contributed by atoms with Gasteiger partial charge in [-0.15, -0.1) is 0 Å². The van der Waals surface area contributed by atoms with Crippen molar-refractivity contribution in [1.82, 2.24) is 10.2 Å². The highest BCUT2D eigenvalue weighted by atomic mass is 15.2. The maximum Gasteiger partial charge on any atom is 0.0449 e. The molecule has 1 saturated heterocycles. The quantitative estimate of drug-likeness (QED) is 0.844. The molecule has 1 aromatic carbocycles. The van der Waals surface area contributed by atoms with Gasteiger partial charge in [-0.3, -0.25) is 0 Å². The van der Waals surface area contributed by atoms with E-state index in [1.165, 1.54) is 30.6 Å². The van der Waals surface area contributed by atoms with Crippen molar-refractivity contribution in [2.24, 2.45) is 5.92 Å². The van der Waals surface area contributed by atoms with Gasteiger partial charge in [-0.1, -0.05) is 45.0 Å². The molecule has 1 aliphatic rings. The molecule has 106 valence electrons. The summed E-state index contributed by atoms with van der Waals surface area (Å²) in [4.78, 5) is 2.60. The zero-order chi connectivity index (χ0) is 13.7. The summed E-state index contributed by atoms with van der Waals surface area (Å²) in [5.74, 6) is 0.866. The lowest BCUT2D eigenvalue weighted by Gasteiger charge is -2.25. The van der Waals surface area contributed by atoms with Crippen molar-refractivity contribution in [3.63, 3.8) is 0 Å². The molecule has 2 nitrogen and oxygen atoms in total. The fourth-order valence-corrected chi connectivity index (χ4v) is 2.97. The zero-order valence-electron chi connectivity index (χ0n) is 12.7. The molecule has 1 aliphatic heterocycles. The van der Waals surface area contributed by atoms with Crippen LogP contribution in [0.4, 0.5) is 0 Å². The first kappa shape index (κ1) is 14.5. The molecule has 0 radical (unpaired) electrons. The van der Waals surface area contributed by atoms with E-state index in [2.05, 4.69) is 55.3 Å². The van der Waals surface area contributed by atoms with Crippen LogP contribution in [0.5, 0.6) is 0 Å². The summed E-state index contributed by atoms with van der Waals surface area (Å²) in [6, 6.07) is 9.61. The molecule has 1 aromatic rings. The number of hydrogen-bond acceptors (Lipinski definition) is 2. The molecule has 0 aliphatic carbocycles. The molecule has 1 heterocycles. The first-order chi connectivity index (χ1) is 9.22. The number of hydrogen-bond donors (Lipinski definition) is 1. The van der Waals surface area contributed by atoms with Gasteiger partial charge in [-0.2, -0.15) is 0 Å². The van der Waals surface area contributed by atoms with E-state index in [1.54, 1.807) is 0 Å². The van der Waals surface area contributed by atoms with Crippen LogP contribution in [0.25, 0.3) is 0 Å². The Morgan fingerprint density at radius 1 is 1.26 bits per heavy atom. The molecule has 0 bridgehead atoms. The Labute approximate surface area is 118 Å². The molecule has 19 heavy (non-hydrogen) atoms. The van der Waals surface area contributed by atoms with Crippen molar-refractivity contribution < 1.29 is 0 Å². The molecule has 1 fully saturated rings. The number of nitrogens with zero attached hydrogens (tertiary/aromatic N) is 1. The summed E-state index contributed by atoms with van der Waals surface area (Å²) in [6.45, 7) is 11.5. The maximum atomic E-state index is 3.64. The number of aryl methyl sites for hydroxylation is 1. The molecule has 0 saturated carbocycles. The lowest BCUT2D eigenvalue weighted by molar-refractivity contribution is 0.286. The molecule has 0 amide bonds. The van der Waals surface area contributed by atoms with Crippen LogP contribution in [0.15, 0.2) is 24.3 Å². The van der Waals surface area contributed by atoms with Crippen LogP contribution in [-0.2, 0) is 6.42 Å². The Kier molecular flexibility index (Phi) is 5.41. The van der Waals surface area contributed by atoms with E-state index in [9.17, 15) is 0 Å². The largest absolute Gasteiger partial charge is 0.309 e. The Morgan fingerprint density at radius 3 is 2.53 bits per heavy atom. The summed E-state index contributed by atoms with van der Waals surface area (Å²) in [5.41, 5.74) is 2.85. The van der Waals surface area contributed by atoms with Gasteiger partial charge in [-0.05, 0) is 43.0 Å². The van der Waals surface area contributed by atoms with Crippen molar-refractivity contribution >= 4 is 0 Å². The maximum absolute atomic E-state index is 3.64. The molecule has 2 atom stereocenters. The molecule has 2 heteroatoms. The predicted octanol–water partition coefficient (Wildman–Crippen LogP) is 3.24. The van der Waals surface area contributed by atoms with Crippen LogP contribution in [0.1, 0.15) is 44.4 Å². The van der Waals surface area contributed by atoms with Gasteiger partial charge in [0.05, 0.1) is 0 Å². The molecule has 0 aromatic heterocycles. The normalized spacial score (nSPS) is 21.7. The Hall–Kier alpha value is -0.860. The second-order valence-corrected chi connectivity index (χ2v) is 5.86. The van der Waals surface area contributed by atoms with Gasteiger partial charge in [0, 0.05) is 19.1 Å². The Bertz CT molecular complexity index is 371. The second-order valence-electron chi connectivity index (χ2n) is 5.86. The summed E-state index contributed by atoms with van der Waals surface area (Å²) in [5, 5.41) is 3.64.